The predicted octanol–water partition coefficient (Wildman–Crippen LogP) is 7.46. The van der Waals surface area contributed by atoms with Crippen molar-refractivity contribution in [1.29, 1.82) is 0 Å². The van der Waals surface area contributed by atoms with Gasteiger partial charge in [-0.1, -0.05) is 55.2 Å². The zero-order valence-electron chi connectivity index (χ0n) is 23.3. The molecule has 1 aromatic heterocycles. The lowest BCUT2D eigenvalue weighted by Gasteiger charge is -2.20. The molecule has 1 aliphatic rings. The minimum Gasteiger partial charge on any atom is -0.462 e. The Morgan fingerprint density at radius 2 is 1.85 bits per heavy atom. The summed E-state index contributed by atoms with van der Waals surface area (Å²) in [5.41, 5.74) is 15.2. The summed E-state index contributed by atoms with van der Waals surface area (Å²) in [5.74, 6) is 1.09. The first kappa shape index (κ1) is 33.0. The highest BCUT2D eigenvalue weighted by atomic mass is 35.5. The third-order valence-corrected chi connectivity index (χ3v) is 7.02. The first-order chi connectivity index (χ1) is 18.7. The monoisotopic (exact) mass is 594 g/mol. The van der Waals surface area contributed by atoms with Crippen molar-refractivity contribution < 1.29 is 14.1 Å². The van der Waals surface area contributed by atoms with Crippen molar-refractivity contribution in [3.8, 4) is 11.3 Å². The number of esters is 1. The van der Waals surface area contributed by atoms with Gasteiger partial charge >= 0.3 is 5.97 Å². The van der Waals surface area contributed by atoms with E-state index in [0.29, 0.717) is 38.7 Å². The van der Waals surface area contributed by atoms with E-state index in [1.165, 1.54) is 0 Å². The zero-order valence-corrected chi connectivity index (χ0v) is 25.7. The van der Waals surface area contributed by atoms with E-state index in [1.54, 1.807) is 25.1 Å². The molecule has 214 valence electrons. The molecule has 4 N–H and O–H groups in total. The minimum atomic E-state index is -0.349. The molecule has 4 rings (SSSR count). The Bertz CT molecular complexity index is 1200. The fourth-order valence-corrected chi connectivity index (χ4v) is 4.60. The van der Waals surface area contributed by atoms with Crippen LogP contribution in [-0.2, 0) is 11.3 Å². The van der Waals surface area contributed by atoms with Crippen LogP contribution < -0.4 is 11.5 Å². The number of likely N-dealkylation sites (N-methyl/N-ethyl adjacent to an activating group) is 1. The maximum Gasteiger partial charge on any atom is 0.338 e. The Labute approximate surface area is 247 Å². The molecule has 3 aromatic rings. The van der Waals surface area contributed by atoms with Gasteiger partial charge in [-0.25, -0.2) is 4.79 Å². The number of thiol groups is 1. The summed E-state index contributed by atoms with van der Waals surface area (Å²) in [6, 6.07) is 10.5. The third kappa shape index (κ3) is 9.43. The van der Waals surface area contributed by atoms with Crippen molar-refractivity contribution in [2.75, 3.05) is 25.9 Å². The lowest BCUT2D eigenvalue weighted by Crippen LogP contribution is -2.34. The lowest BCUT2D eigenvalue weighted by atomic mass is 10.0. The van der Waals surface area contributed by atoms with Crippen molar-refractivity contribution in [3.63, 3.8) is 0 Å². The van der Waals surface area contributed by atoms with Gasteiger partial charge in [0.25, 0.3) is 0 Å². The van der Waals surface area contributed by atoms with Crippen molar-refractivity contribution in [2.24, 2.45) is 5.73 Å². The van der Waals surface area contributed by atoms with Crippen LogP contribution in [0.15, 0.2) is 45.8 Å². The molecule has 10 heteroatoms. The number of benzene rings is 2. The van der Waals surface area contributed by atoms with E-state index in [2.05, 4.69) is 36.7 Å². The van der Waals surface area contributed by atoms with Crippen LogP contribution in [0.3, 0.4) is 0 Å². The topological polar surface area (TPSA) is 108 Å². The number of anilines is 1. The molecule has 0 spiro atoms. The van der Waals surface area contributed by atoms with E-state index >= 15 is 0 Å². The summed E-state index contributed by atoms with van der Waals surface area (Å²) in [7, 11) is 2.07. The number of halogens is 2. The number of ether oxygens (including phenoxy) is 1. The molecule has 2 aromatic carbocycles. The molecule has 0 saturated heterocycles. The largest absolute Gasteiger partial charge is 0.462 e. The van der Waals surface area contributed by atoms with E-state index in [4.69, 9.17) is 43.9 Å². The summed E-state index contributed by atoms with van der Waals surface area (Å²) in [5, 5.41) is 5.50. The molecule has 1 heterocycles. The molecule has 1 atom stereocenters. The van der Waals surface area contributed by atoms with E-state index in [1.807, 2.05) is 32.0 Å². The molecule has 0 aliphatic heterocycles. The molecular formula is C29H40Cl2N4O3S. The maximum atomic E-state index is 11.2. The zero-order chi connectivity index (χ0) is 29.1. The van der Waals surface area contributed by atoms with Crippen LogP contribution in [0.25, 0.3) is 11.3 Å². The molecular weight excluding hydrogens is 555 g/mol. The molecule has 0 amide bonds. The van der Waals surface area contributed by atoms with Crippen LogP contribution in [0.2, 0.25) is 10.0 Å². The van der Waals surface area contributed by atoms with Gasteiger partial charge in [0.1, 0.15) is 11.5 Å². The number of carbonyl (C=O) groups excluding carboxylic acids is 1. The predicted molar refractivity (Wildman–Crippen MR) is 164 cm³/mol. The van der Waals surface area contributed by atoms with Crippen LogP contribution in [0.4, 0.5) is 5.69 Å². The van der Waals surface area contributed by atoms with Gasteiger partial charge in [-0.3, -0.25) is 0 Å². The summed E-state index contributed by atoms with van der Waals surface area (Å²) in [6.07, 6.45) is 3.25. The number of nitrogens with zero attached hydrogens (tertiary/aromatic N) is 2. The summed E-state index contributed by atoms with van der Waals surface area (Å²) >= 11 is 16.9. The highest BCUT2D eigenvalue weighted by Crippen LogP contribution is 2.46. The smallest absolute Gasteiger partial charge is 0.338 e. The third-order valence-electron chi connectivity index (χ3n) is 6.01. The first-order valence-electron chi connectivity index (χ1n) is 13.3. The van der Waals surface area contributed by atoms with Gasteiger partial charge in [0.05, 0.1) is 22.2 Å². The fourth-order valence-electron chi connectivity index (χ4n) is 3.81. The quantitative estimate of drug-likeness (QED) is 0.134. The molecule has 1 saturated carbocycles. The number of hydrogen-bond donors (Lipinski definition) is 3. The number of aromatic nitrogens is 1. The average Bonchev–Trinajstić information content (AvgIpc) is 3.68. The number of nitrogen functional groups attached to an aromatic ring is 1. The summed E-state index contributed by atoms with van der Waals surface area (Å²) in [6.45, 7) is 9.77. The Kier molecular flexibility index (Phi) is 13.6. The second kappa shape index (κ2) is 16.1. The van der Waals surface area contributed by atoms with Crippen molar-refractivity contribution in [3.05, 3.63) is 63.3 Å². The van der Waals surface area contributed by atoms with E-state index in [0.717, 1.165) is 54.9 Å². The summed E-state index contributed by atoms with van der Waals surface area (Å²) < 4.78 is 10.5. The van der Waals surface area contributed by atoms with Gasteiger partial charge in [-0.2, -0.15) is 0 Å². The fraction of sp³-hybridized carbons (Fsp3) is 0.448. The SMILES string of the molecule is CC.CCC(N)CN(C)Cc1c(-c2c(Cl)cccc2Cl)noc1C1CC1.CCOC(=O)c1ccc(N)c(S)c1. The van der Waals surface area contributed by atoms with E-state index in [9.17, 15) is 4.79 Å². The van der Waals surface area contributed by atoms with Crippen molar-refractivity contribution >= 4 is 47.5 Å². The second-order valence-electron chi connectivity index (χ2n) is 9.10. The van der Waals surface area contributed by atoms with Crippen LogP contribution in [-0.4, -0.2) is 42.3 Å². The molecule has 39 heavy (non-hydrogen) atoms. The van der Waals surface area contributed by atoms with Crippen LogP contribution in [0, 0.1) is 0 Å². The number of nitrogens with two attached hydrogens (primary N) is 2. The van der Waals surface area contributed by atoms with Gasteiger partial charge in [-0.05, 0) is 63.6 Å². The van der Waals surface area contributed by atoms with Crippen LogP contribution >= 0.6 is 35.8 Å². The van der Waals surface area contributed by atoms with Gasteiger partial charge in [0.2, 0.25) is 0 Å². The Morgan fingerprint density at radius 3 is 2.38 bits per heavy atom. The molecule has 1 aliphatic carbocycles. The standard InChI is InChI=1S/C18H23Cl2N3O.C9H11NO2S.C2H6/c1-3-12(21)9-23(2)10-13-17(22-24-18(13)11-7-8-11)16-14(19)5-4-6-15(16)20;1-2-12-9(11)6-3-4-7(10)8(13)5-6;1-2/h4-6,11-12H,3,7-10,21H2,1-2H3;3-5,13H,2,10H2,1H3;1-2H3. The lowest BCUT2D eigenvalue weighted by molar-refractivity contribution is 0.0526. The molecule has 1 fully saturated rings. The van der Waals surface area contributed by atoms with Crippen molar-refractivity contribution in [1.82, 2.24) is 10.1 Å². The van der Waals surface area contributed by atoms with Crippen LogP contribution in [0.5, 0.6) is 0 Å². The van der Waals surface area contributed by atoms with Gasteiger partial charge in [0.15, 0.2) is 0 Å². The van der Waals surface area contributed by atoms with E-state index in [-0.39, 0.29) is 12.0 Å². The van der Waals surface area contributed by atoms with Crippen LogP contribution in [0.1, 0.15) is 74.6 Å². The number of hydrogen-bond acceptors (Lipinski definition) is 8. The molecule has 7 nitrogen and oxygen atoms in total. The van der Waals surface area contributed by atoms with Gasteiger partial charge in [-0.15, -0.1) is 12.6 Å². The maximum absolute atomic E-state index is 11.2. The van der Waals surface area contributed by atoms with Gasteiger partial charge in [0, 0.05) is 46.8 Å². The number of carbonyl (C=O) groups is 1. The van der Waals surface area contributed by atoms with Gasteiger partial charge < -0.3 is 25.6 Å². The van der Waals surface area contributed by atoms with Crippen molar-refractivity contribution in [2.45, 2.75) is 70.4 Å². The second-order valence-corrected chi connectivity index (χ2v) is 10.4. The normalized spacial score (nSPS) is 13.2. The minimum absolute atomic E-state index is 0.159. The molecule has 1 unspecified atom stereocenters. The summed E-state index contributed by atoms with van der Waals surface area (Å²) in [4.78, 5) is 14.0. The Morgan fingerprint density at radius 1 is 1.21 bits per heavy atom. The highest BCUT2D eigenvalue weighted by Gasteiger charge is 2.33. The number of rotatable bonds is 9. The Balaban J connectivity index is 0.000000301. The first-order valence-corrected chi connectivity index (χ1v) is 14.5. The highest BCUT2D eigenvalue weighted by molar-refractivity contribution is 7.80. The molecule has 0 radical (unpaired) electrons. The average molecular weight is 596 g/mol. The Hall–Kier alpha value is -2.23. The van der Waals surface area contributed by atoms with E-state index < -0.39 is 0 Å². The molecule has 0 bridgehead atoms.